The Balaban J connectivity index is 1.92. The van der Waals surface area contributed by atoms with Crippen molar-refractivity contribution in [2.45, 2.75) is 19.1 Å². The molecule has 0 saturated heterocycles. The molecular formula is C25H26N4O6. The lowest BCUT2D eigenvalue weighted by atomic mass is 10.1. The average molecular weight is 479 g/mol. The van der Waals surface area contributed by atoms with E-state index in [1.165, 1.54) is 24.5 Å². The topological polar surface area (TPSA) is 160 Å². The molecule has 0 bridgehead atoms. The molecule has 2 unspecified atom stereocenters. The Labute approximate surface area is 202 Å². The minimum absolute atomic E-state index is 0.0371. The molecule has 2 atom stereocenters. The molecule has 0 radical (unpaired) electrons. The van der Waals surface area contributed by atoms with E-state index in [2.05, 4.69) is 39.6 Å². The van der Waals surface area contributed by atoms with Gasteiger partial charge >= 0.3 is 0 Å². The Morgan fingerprint density at radius 3 is 2.03 bits per heavy atom. The number of hydrogen-bond donors (Lipinski definition) is 7. The molecule has 0 saturated carbocycles. The van der Waals surface area contributed by atoms with E-state index in [0.29, 0.717) is 23.4 Å². The zero-order valence-corrected chi connectivity index (χ0v) is 19.0. The quantitative estimate of drug-likeness (QED) is 0.112. The van der Waals surface area contributed by atoms with Crippen LogP contribution >= 0.6 is 0 Å². The normalized spacial score (nSPS) is 11.5. The van der Waals surface area contributed by atoms with Gasteiger partial charge in [0.1, 0.15) is 6.04 Å². The second-order valence-electron chi connectivity index (χ2n) is 7.27. The summed E-state index contributed by atoms with van der Waals surface area (Å²) in [4.78, 5) is 35.5. The summed E-state index contributed by atoms with van der Waals surface area (Å²) in [6.45, 7) is 1.72. The summed E-state index contributed by atoms with van der Waals surface area (Å²) in [6.07, 6.45) is -1.20. The molecule has 0 heterocycles. The van der Waals surface area contributed by atoms with E-state index in [1.54, 1.807) is 36.4 Å². The fraction of sp³-hybridized carbons (Fsp3) is 0.240. The van der Waals surface area contributed by atoms with E-state index in [0.717, 1.165) is 0 Å². The first-order chi connectivity index (χ1) is 16.8. The zero-order chi connectivity index (χ0) is 25.6. The molecule has 2 aromatic carbocycles. The number of aliphatic hydroxyl groups is 2. The predicted octanol–water partition coefficient (Wildman–Crippen LogP) is -0.405. The van der Waals surface area contributed by atoms with Crippen LogP contribution in [0.1, 0.15) is 28.4 Å². The molecule has 2 rings (SSSR count). The third-order valence-electron chi connectivity index (χ3n) is 4.53. The highest BCUT2D eigenvalue weighted by Crippen LogP contribution is 2.08. The van der Waals surface area contributed by atoms with Crippen molar-refractivity contribution in [3.63, 3.8) is 0 Å². The fourth-order valence-electron chi connectivity index (χ4n) is 2.73. The van der Waals surface area contributed by atoms with Crippen molar-refractivity contribution in [1.82, 2.24) is 16.1 Å². The average Bonchev–Trinajstić information content (AvgIpc) is 2.86. The second-order valence-corrected chi connectivity index (χ2v) is 7.27. The van der Waals surface area contributed by atoms with Crippen molar-refractivity contribution in [1.29, 1.82) is 0 Å². The number of carbonyl (C=O) groups excluding carboxylic acids is 3. The summed E-state index contributed by atoms with van der Waals surface area (Å²) in [5, 5.41) is 34.9. The Kier molecular flexibility index (Phi) is 10.9. The van der Waals surface area contributed by atoms with Crippen LogP contribution in [0.4, 0.5) is 5.69 Å². The Morgan fingerprint density at radius 1 is 0.943 bits per heavy atom. The SMILES string of the molecule is CC(O)C(NC(=O)c1ccc(C#CC#Cc2ccc(NC(=O)CNCCO)cc2)cc1)C(=O)NO. The zero-order valence-electron chi connectivity index (χ0n) is 19.0. The molecule has 10 nitrogen and oxygen atoms in total. The van der Waals surface area contributed by atoms with Crippen molar-refractivity contribution in [3.8, 4) is 23.7 Å². The van der Waals surface area contributed by atoms with Gasteiger partial charge in [-0.25, -0.2) is 5.48 Å². The molecule has 182 valence electrons. The molecule has 0 aromatic heterocycles. The van der Waals surface area contributed by atoms with E-state index in [-0.39, 0.29) is 24.6 Å². The molecule has 0 fully saturated rings. The first-order valence-corrected chi connectivity index (χ1v) is 10.6. The smallest absolute Gasteiger partial charge is 0.268 e. The van der Waals surface area contributed by atoms with Gasteiger partial charge in [-0.15, -0.1) is 0 Å². The van der Waals surface area contributed by atoms with Gasteiger partial charge in [0.25, 0.3) is 11.8 Å². The summed E-state index contributed by atoms with van der Waals surface area (Å²) < 4.78 is 0. The molecule has 0 aliphatic heterocycles. The van der Waals surface area contributed by atoms with Gasteiger partial charge in [-0.05, 0) is 67.3 Å². The Bertz CT molecular complexity index is 1140. The summed E-state index contributed by atoms with van der Waals surface area (Å²) >= 11 is 0. The van der Waals surface area contributed by atoms with Crippen molar-refractivity contribution >= 4 is 23.4 Å². The van der Waals surface area contributed by atoms with Crippen LogP contribution in [0.2, 0.25) is 0 Å². The fourth-order valence-corrected chi connectivity index (χ4v) is 2.73. The highest BCUT2D eigenvalue weighted by atomic mass is 16.5. The van der Waals surface area contributed by atoms with Gasteiger partial charge in [-0.3, -0.25) is 19.6 Å². The molecule has 2 aromatic rings. The van der Waals surface area contributed by atoms with Gasteiger partial charge in [-0.2, -0.15) is 0 Å². The van der Waals surface area contributed by atoms with Crippen molar-refractivity contribution in [2.24, 2.45) is 0 Å². The van der Waals surface area contributed by atoms with E-state index in [9.17, 15) is 19.5 Å². The van der Waals surface area contributed by atoms with Crippen LogP contribution in [0.5, 0.6) is 0 Å². The minimum atomic E-state index is -1.30. The number of hydroxylamine groups is 1. The van der Waals surface area contributed by atoms with Crippen LogP contribution in [0.15, 0.2) is 48.5 Å². The van der Waals surface area contributed by atoms with Crippen LogP contribution in [0.3, 0.4) is 0 Å². The maximum absolute atomic E-state index is 12.3. The lowest BCUT2D eigenvalue weighted by Crippen LogP contribution is -2.51. The molecule has 0 aliphatic carbocycles. The third kappa shape index (κ3) is 9.29. The van der Waals surface area contributed by atoms with Crippen LogP contribution in [0.25, 0.3) is 0 Å². The van der Waals surface area contributed by atoms with Crippen LogP contribution in [-0.4, -0.2) is 65.0 Å². The first-order valence-electron chi connectivity index (χ1n) is 10.6. The molecular weight excluding hydrogens is 452 g/mol. The number of benzene rings is 2. The van der Waals surface area contributed by atoms with Crippen LogP contribution < -0.4 is 21.4 Å². The first kappa shape index (κ1) is 27.1. The number of carbonyl (C=O) groups is 3. The highest BCUT2D eigenvalue weighted by Gasteiger charge is 2.25. The summed E-state index contributed by atoms with van der Waals surface area (Å²) in [7, 11) is 0. The van der Waals surface area contributed by atoms with E-state index in [4.69, 9.17) is 10.3 Å². The second kappa shape index (κ2) is 14.2. The Morgan fingerprint density at radius 2 is 1.51 bits per heavy atom. The molecule has 3 amide bonds. The largest absolute Gasteiger partial charge is 0.395 e. The highest BCUT2D eigenvalue weighted by molar-refractivity contribution is 5.97. The van der Waals surface area contributed by atoms with Crippen molar-refractivity contribution in [3.05, 3.63) is 65.2 Å². The van der Waals surface area contributed by atoms with Crippen molar-refractivity contribution < 1.29 is 29.8 Å². The van der Waals surface area contributed by atoms with Gasteiger partial charge < -0.3 is 26.2 Å². The molecule has 10 heteroatoms. The monoisotopic (exact) mass is 478 g/mol. The summed E-state index contributed by atoms with van der Waals surface area (Å²) in [5.41, 5.74) is 3.59. The van der Waals surface area contributed by atoms with Gasteiger partial charge in [-0.1, -0.05) is 11.8 Å². The number of aliphatic hydroxyl groups excluding tert-OH is 2. The molecule has 7 N–H and O–H groups in total. The summed E-state index contributed by atoms with van der Waals surface area (Å²) in [6, 6.07) is 11.9. The lowest BCUT2D eigenvalue weighted by molar-refractivity contribution is -0.133. The maximum Gasteiger partial charge on any atom is 0.268 e. The number of nitrogens with one attached hydrogen (secondary N) is 4. The Hall–Kier alpha value is -4.19. The number of hydrogen-bond acceptors (Lipinski definition) is 7. The molecule has 35 heavy (non-hydrogen) atoms. The van der Waals surface area contributed by atoms with Gasteiger partial charge in [0.05, 0.1) is 19.3 Å². The van der Waals surface area contributed by atoms with Gasteiger partial charge in [0.15, 0.2) is 0 Å². The minimum Gasteiger partial charge on any atom is -0.395 e. The summed E-state index contributed by atoms with van der Waals surface area (Å²) in [5.74, 6) is 9.46. The third-order valence-corrected chi connectivity index (χ3v) is 4.53. The predicted molar refractivity (Wildman–Crippen MR) is 128 cm³/mol. The van der Waals surface area contributed by atoms with Gasteiger partial charge in [0, 0.05) is 28.9 Å². The lowest BCUT2D eigenvalue weighted by Gasteiger charge is -2.19. The molecule has 0 aliphatic rings. The molecule has 0 spiro atoms. The van der Waals surface area contributed by atoms with Crippen molar-refractivity contribution in [2.75, 3.05) is 25.0 Å². The van der Waals surface area contributed by atoms with E-state index >= 15 is 0 Å². The van der Waals surface area contributed by atoms with Crippen LogP contribution in [0, 0.1) is 23.7 Å². The standard InChI is InChI=1S/C25H26N4O6/c1-17(31)23(25(34)29-35)28-24(33)20-10-6-18(7-11-20)4-2-3-5-19-8-12-21(13-9-19)27-22(32)16-26-14-15-30/h6-13,17,23,26,30-31,35H,14-16H2,1H3,(H,27,32)(H,28,33)(H,29,34). The number of rotatable bonds is 9. The van der Waals surface area contributed by atoms with E-state index in [1.807, 2.05) is 0 Å². The van der Waals surface area contributed by atoms with Gasteiger partial charge in [0.2, 0.25) is 5.91 Å². The van der Waals surface area contributed by atoms with E-state index < -0.39 is 24.0 Å². The van der Waals surface area contributed by atoms with Crippen LogP contribution in [-0.2, 0) is 9.59 Å². The number of anilines is 1. The number of amides is 3. The maximum atomic E-state index is 12.3.